The number of fused-ring (bicyclic) bond motifs is 2. The maximum atomic E-state index is 12.3. The van der Waals surface area contributed by atoms with E-state index in [-0.39, 0.29) is 23.3 Å². The van der Waals surface area contributed by atoms with E-state index in [0.29, 0.717) is 24.9 Å². The minimum absolute atomic E-state index is 0. The zero-order valence-corrected chi connectivity index (χ0v) is 11.5. The van der Waals surface area contributed by atoms with Gasteiger partial charge in [-0.3, -0.25) is 5.10 Å². The highest BCUT2D eigenvalue weighted by molar-refractivity contribution is 7.89. The third-order valence-electron chi connectivity index (χ3n) is 3.98. The fourth-order valence-corrected chi connectivity index (χ4v) is 4.41. The standard InChI is InChI=1S/C10H16N4O2S.ClH/c11-10-7-1-2-8(10)6-14(5-7)17(15,16)9-3-12-13-4-9;/h3-4,7-8,10H,1-2,5-6,11H2,(H,12,13);1H/t7-,8+,10?;. The Balaban J connectivity index is 0.00000120. The maximum Gasteiger partial charge on any atom is 0.246 e. The van der Waals surface area contributed by atoms with E-state index in [1.54, 1.807) is 4.31 Å². The highest BCUT2D eigenvalue weighted by Gasteiger charge is 2.43. The lowest BCUT2D eigenvalue weighted by Gasteiger charge is -2.34. The number of aromatic nitrogens is 2. The van der Waals surface area contributed by atoms with Gasteiger partial charge in [0.2, 0.25) is 10.0 Å². The first-order chi connectivity index (χ1) is 8.09. The molecule has 1 aliphatic heterocycles. The molecule has 102 valence electrons. The van der Waals surface area contributed by atoms with Gasteiger partial charge in [-0.15, -0.1) is 12.4 Å². The molecule has 0 spiro atoms. The van der Waals surface area contributed by atoms with Gasteiger partial charge < -0.3 is 5.73 Å². The van der Waals surface area contributed by atoms with Crippen LogP contribution < -0.4 is 5.73 Å². The Labute approximate surface area is 112 Å². The number of hydrogen-bond acceptors (Lipinski definition) is 4. The normalized spacial score (nSPS) is 32.2. The van der Waals surface area contributed by atoms with Crippen LogP contribution in [0.15, 0.2) is 17.3 Å². The lowest BCUT2D eigenvalue weighted by atomic mass is 9.95. The molecule has 3 rings (SSSR count). The van der Waals surface area contributed by atoms with Gasteiger partial charge >= 0.3 is 0 Å². The van der Waals surface area contributed by atoms with Crippen molar-refractivity contribution in [3.63, 3.8) is 0 Å². The molecule has 6 nitrogen and oxygen atoms in total. The molecular formula is C10H17ClN4O2S. The number of H-pyrrole nitrogens is 1. The quantitative estimate of drug-likeness (QED) is 0.814. The van der Waals surface area contributed by atoms with E-state index >= 15 is 0 Å². The molecular weight excluding hydrogens is 276 g/mol. The minimum atomic E-state index is -3.38. The van der Waals surface area contributed by atoms with Crippen LogP contribution in [0.5, 0.6) is 0 Å². The molecule has 0 radical (unpaired) electrons. The number of nitrogens with two attached hydrogens (primary N) is 1. The molecule has 3 atom stereocenters. The van der Waals surface area contributed by atoms with Gasteiger partial charge in [0.1, 0.15) is 4.90 Å². The van der Waals surface area contributed by atoms with Gasteiger partial charge in [-0.1, -0.05) is 0 Å². The average molecular weight is 293 g/mol. The van der Waals surface area contributed by atoms with Gasteiger partial charge in [-0.05, 0) is 24.7 Å². The summed E-state index contributed by atoms with van der Waals surface area (Å²) < 4.78 is 26.2. The third-order valence-corrected chi connectivity index (χ3v) is 5.78. The molecule has 1 aromatic rings. The van der Waals surface area contributed by atoms with Crippen LogP contribution >= 0.6 is 12.4 Å². The van der Waals surface area contributed by atoms with Crippen LogP contribution in [-0.2, 0) is 10.0 Å². The minimum Gasteiger partial charge on any atom is -0.327 e. The summed E-state index contributed by atoms with van der Waals surface area (Å²) in [4.78, 5) is 0.243. The first-order valence-corrected chi connectivity index (χ1v) is 7.27. The monoisotopic (exact) mass is 292 g/mol. The Morgan fingerprint density at radius 1 is 1.33 bits per heavy atom. The topological polar surface area (TPSA) is 92.1 Å². The number of nitrogens with one attached hydrogen (secondary N) is 1. The lowest BCUT2D eigenvalue weighted by molar-refractivity contribution is 0.228. The van der Waals surface area contributed by atoms with Crippen molar-refractivity contribution in [2.24, 2.45) is 17.6 Å². The summed E-state index contributed by atoms with van der Waals surface area (Å²) >= 11 is 0. The highest BCUT2D eigenvalue weighted by atomic mass is 35.5. The summed E-state index contributed by atoms with van der Waals surface area (Å²) in [7, 11) is -3.38. The van der Waals surface area contributed by atoms with Gasteiger partial charge in [0.05, 0.1) is 6.20 Å². The zero-order valence-electron chi connectivity index (χ0n) is 9.82. The van der Waals surface area contributed by atoms with Gasteiger partial charge in [0, 0.05) is 25.3 Å². The second kappa shape index (κ2) is 4.80. The van der Waals surface area contributed by atoms with Crippen LogP contribution in [-0.4, -0.2) is 42.1 Å². The molecule has 1 saturated heterocycles. The van der Waals surface area contributed by atoms with Gasteiger partial charge in [0.25, 0.3) is 0 Å². The average Bonchev–Trinajstić information content (AvgIpc) is 2.86. The highest BCUT2D eigenvalue weighted by Crippen LogP contribution is 2.37. The third kappa shape index (κ3) is 2.05. The smallest absolute Gasteiger partial charge is 0.246 e. The number of rotatable bonds is 2. The molecule has 1 unspecified atom stereocenters. The number of piperidine rings is 1. The SMILES string of the molecule is Cl.NC1[C@@H]2CC[C@H]1CN(S(=O)(=O)c1cn[nH]c1)C2. The predicted octanol–water partition coefficient (Wildman–Crippen LogP) is 0.189. The van der Waals surface area contributed by atoms with E-state index in [1.165, 1.54) is 12.4 Å². The van der Waals surface area contributed by atoms with Gasteiger partial charge in [-0.2, -0.15) is 9.40 Å². The van der Waals surface area contributed by atoms with Crippen molar-refractivity contribution in [2.45, 2.75) is 23.8 Å². The fraction of sp³-hybridized carbons (Fsp3) is 0.700. The number of aromatic amines is 1. The van der Waals surface area contributed by atoms with E-state index in [2.05, 4.69) is 10.2 Å². The van der Waals surface area contributed by atoms with E-state index in [1.807, 2.05) is 0 Å². The fourth-order valence-electron chi connectivity index (χ4n) is 2.95. The van der Waals surface area contributed by atoms with Crippen LogP contribution in [0, 0.1) is 11.8 Å². The Bertz CT molecular complexity index is 490. The Hall–Kier alpha value is -0.630. The molecule has 2 fully saturated rings. The number of halogens is 1. The molecule has 0 aromatic carbocycles. The zero-order chi connectivity index (χ0) is 12.0. The Morgan fingerprint density at radius 2 is 1.94 bits per heavy atom. The maximum absolute atomic E-state index is 12.3. The molecule has 2 bridgehead atoms. The molecule has 18 heavy (non-hydrogen) atoms. The van der Waals surface area contributed by atoms with Crippen molar-refractivity contribution >= 4 is 22.4 Å². The Morgan fingerprint density at radius 3 is 2.44 bits per heavy atom. The van der Waals surface area contributed by atoms with Crippen LogP contribution in [0.2, 0.25) is 0 Å². The van der Waals surface area contributed by atoms with E-state index < -0.39 is 10.0 Å². The van der Waals surface area contributed by atoms with E-state index in [4.69, 9.17) is 5.73 Å². The largest absolute Gasteiger partial charge is 0.327 e. The van der Waals surface area contributed by atoms with E-state index in [9.17, 15) is 8.42 Å². The summed E-state index contributed by atoms with van der Waals surface area (Å²) in [6.45, 7) is 1.09. The summed E-state index contributed by atoms with van der Waals surface area (Å²) in [6, 6.07) is 0.172. The molecule has 8 heteroatoms. The summed E-state index contributed by atoms with van der Waals surface area (Å²) in [5.41, 5.74) is 6.07. The van der Waals surface area contributed by atoms with Gasteiger partial charge in [0.15, 0.2) is 0 Å². The molecule has 0 amide bonds. The number of sulfonamides is 1. The van der Waals surface area contributed by atoms with Gasteiger partial charge in [-0.25, -0.2) is 8.42 Å². The van der Waals surface area contributed by atoms with Crippen molar-refractivity contribution in [2.75, 3.05) is 13.1 Å². The molecule has 1 aromatic heterocycles. The van der Waals surface area contributed by atoms with Crippen molar-refractivity contribution in [3.8, 4) is 0 Å². The van der Waals surface area contributed by atoms with Crippen molar-refractivity contribution < 1.29 is 8.42 Å². The number of nitrogens with zero attached hydrogens (tertiary/aromatic N) is 2. The molecule has 2 aliphatic rings. The molecule has 2 heterocycles. The first kappa shape index (κ1) is 13.8. The molecule has 1 aliphatic carbocycles. The summed E-state index contributed by atoms with van der Waals surface area (Å²) in [5, 5.41) is 6.24. The number of hydrogen-bond donors (Lipinski definition) is 2. The van der Waals surface area contributed by atoms with Crippen LogP contribution in [0.3, 0.4) is 0 Å². The van der Waals surface area contributed by atoms with Crippen LogP contribution in [0.1, 0.15) is 12.8 Å². The summed E-state index contributed by atoms with van der Waals surface area (Å²) in [5.74, 6) is 0.630. The summed E-state index contributed by atoms with van der Waals surface area (Å²) in [6.07, 6.45) is 4.87. The van der Waals surface area contributed by atoms with E-state index in [0.717, 1.165) is 12.8 Å². The predicted molar refractivity (Wildman–Crippen MR) is 68.8 cm³/mol. The second-order valence-electron chi connectivity index (χ2n) is 4.93. The first-order valence-electron chi connectivity index (χ1n) is 5.83. The van der Waals surface area contributed by atoms with Crippen LogP contribution in [0.25, 0.3) is 0 Å². The lowest BCUT2D eigenvalue weighted by Crippen LogP contribution is -2.50. The van der Waals surface area contributed by atoms with Crippen molar-refractivity contribution in [3.05, 3.63) is 12.4 Å². The van der Waals surface area contributed by atoms with Crippen LogP contribution in [0.4, 0.5) is 0 Å². The van der Waals surface area contributed by atoms with Crippen molar-refractivity contribution in [1.29, 1.82) is 0 Å². The molecule has 3 N–H and O–H groups in total. The molecule has 1 saturated carbocycles. The second-order valence-corrected chi connectivity index (χ2v) is 6.87. The Kier molecular flexibility index (Phi) is 3.68. The van der Waals surface area contributed by atoms with Crippen molar-refractivity contribution in [1.82, 2.24) is 14.5 Å².